The van der Waals surface area contributed by atoms with Gasteiger partial charge in [-0.3, -0.25) is 10.3 Å². The average Bonchev–Trinajstić information content (AvgIpc) is 3.15. The SMILES string of the molecule is C1=CCCC(C2NC(c3ccccc3)=C(c3ccccc3)C(c3ccc(C4=CC=C(c5cccc6cccnc56)CC4)cc3)N2)=C1. The van der Waals surface area contributed by atoms with Gasteiger partial charge in [-0.15, -0.1) is 0 Å². The van der Waals surface area contributed by atoms with E-state index in [2.05, 4.69) is 150 Å². The molecule has 4 aromatic carbocycles. The van der Waals surface area contributed by atoms with Gasteiger partial charge in [-0.2, -0.15) is 0 Å². The predicted molar refractivity (Wildman–Crippen MR) is 192 cm³/mol. The molecule has 0 saturated carbocycles. The molecule has 2 aliphatic carbocycles. The fourth-order valence-corrected chi connectivity index (χ4v) is 7.11. The lowest BCUT2D eigenvalue weighted by Crippen LogP contribution is -2.49. The largest absolute Gasteiger partial charge is 0.365 e. The third-order valence-electron chi connectivity index (χ3n) is 9.49. The van der Waals surface area contributed by atoms with Crippen LogP contribution in [0.4, 0.5) is 0 Å². The minimum absolute atomic E-state index is 0.0235. The summed E-state index contributed by atoms with van der Waals surface area (Å²) in [5.74, 6) is 0. The number of nitrogens with zero attached hydrogens (tertiary/aromatic N) is 1. The van der Waals surface area contributed by atoms with E-state index < -0.39 is 0 Å². The first-order valence-corrected chi connectivity index (χ1v) is 16.4. The van der Waals surface area contributed by atoms with E-state index in [1.807, 2.05) is 12.3 Å². The highest BCUT2D eigenvalue weighted by atomic mass is 15.2. The Morgan fingerprint density at radius 1 is 0.609 bits per heavy atom. The van der Waals surface area contributed by atoms with Gasteiger partial charge in [0.05, 0.1) is 11.6 Å². The summed E-state index contributed by atoms with van der Waals surface area (Å²) < 4.78 is 0. The van der Waals surface area contributed by atoms with Crippen LogP contribution in [0.15, 0.2) is 157 Å². The Morgan fingerprint density at radius 3 is 2.09 bits per heavy atom. The summed E-state index contributed by atoms with van der Waals surface area (Å²) in [6.07, 6.45) is 17.4. The number of benzene rings is 4. The van der Waals surface area contributed by atoms with Crippen LogP contribution in [0.2, 0.25) is 0 Å². The lowest BCUT2D eigenvalue weighted by molar-refractivity contribution is 0.473. The van der Waals surface area contributed by atoms with Gasteiger partial charge in [-0.05, 0) is 70.7 Å². The summed E-state index contributed by atoms with van der Waals surface area (Å²) in [6, 6.07) is 41.5. The molecule has 46 heavy (non-hydrogen) atoms. The lowest BCUT2D eigenvalue weighted by atomic mass is 9.85. The molecule has 2 heterocycles. The average molecular weight is 596 g/mol. The third-order valence-corrected chi connectivity index (χ3v) is 9.49. The van der Waals surface area contributed by atoms with Crippen molar-refractivity contribution in [1.82, 2.24) is 15.6 Å². The van der Waals surface area contributed by atoms with Crippen LogP contribution in [-0.2, 0) is 0 Å². The molecule has 224 valence electrons. The second-order valence-electron chi connectivity index (χ2n) is 12.3. The lowest BCUT2D eigenvalue weighted by Gasteiger charge is -2.39. The normalized spacial score (nSPS) is 19.7. The molecule has 3 aliphatic rings. The summed E-state index contributed by atoms with van der Waals surface area (Å²) in [6.45, 7) is 0. The van der Waals surface area contributed by atoms with Crippen molar-refractivity contribution in [2.45, 2.75) is 37.9 Å². The van der Waals surface area contributed by atoms with E-state index in [-0.39, 0.29) is 12.2 Å². The molecule has 3 nitrogen and oxygen atoms in total. The van der Waals surface area contributed by atoms with Crippen molar-refractivity contribution in [1.29, 1.82) is 0 Å². The minimum Gasteiger partial charge on any atom is -0.365 e. The highest BCUT2D eigenvalue weighted by molar-refractivity contribution is 5.94. The van der Waals surface area contributed by atoms with Crippen molar-refractivity contribution in [3.63, 3.8) is 0 Å². The van der Waals surface area contributed by atoms with Crippen LogP contribution >= 0.6 is 0 Å². The van der Waals surface area contributed by atoms with Gasteiger partial charge >= 0.3 is 0 Å². The Kier molecular flexibility index (Phi) is 7.75. The molecule has 1 aliphatic heterocycles. The smallest absolute Gasteiger partial charge is 0.100 e. The van der Waals surface area contributed by atoms with Gasteiger partial charge in [0, 0.05) is 28.4 Å². The molecule has 0 fully saturated rings. The molecule has 0 bridgehead atoms. The zero-order chi connectivity index (χ0) is 30.7. The highest BCUT2D eigenvalue weighted by Gasteiger charge is 2.32. The Hall–Kier alpha value is -5.25. The second-order valence-corrected chi connectivity index (χ2v) is 12.3. The third kappa shape index (κ3) is 5.55. The molecule has 5 aromatic rings. The van der Waals surface area contributed by atoms with E-state index in [0.29, 0.717) is 0 Å². The van der Waals surface area contributed by atoms with Crippen molar-refractivity contribution in [2.75, 3.05) is 0 Å². The minimum atomic E-state index is 0.0235. The van der Waals surface area contributed by atoms with Gasteiger partial charge in [-0.1, -0.05) is 140 Å². The first-order valence-electron chi connectivity index (χ1n) is 16.4. The molecule has 2 N–H and O–H groups in total. The van der Waals surface area contributed by atoms with Crippen LogP contribution in [-0.4, -0.2) is 11.1 Å². The second kappa shape index (κ2) is 12.6. The molecule has 2 atom stereocenters. The van der Waals surface area contributed by atoms with Crippen molar-refractivity contribution >= 4 is 33.3 Å². The van der Waals surface area contributed by atoms with Gasteiger partial charge in [0.25, 0.3) is 0 Å². The summed E-state index contributed by atoms with van der Waals surface area (Å²) in [4.78, 5) is 4.69. The molecule has 0 saturated heterocycles. The van der Waals surface area contributed by atoms with Crippen LogP contribution in [0.1, 0.15) is 59.5 Å². The monoisotopic (exact) mass is 595 g/mol. The Balaban J connectivity index is 1.16. The number of hydrogen-bond acceptors (Lipinski definition) is 3. The maximum atomic E-state index is 4.69. The number of allylic oxidation sites excluding steroid dienone is 7. The van der Waals surface area contributed by atoms with Crippen molar-refractivity contribution in [3.05, 3.63) is 185 Å². The van der Waals surface area contributed by atoms with Gasteiger partial charge in [0.1, 0.15) is 6.17 Å². The van der Waals surface area contributed by atoms with Crippen LogP contribution in [0.5, 0.6) is 0 Å². The number of pyridine rings is 1. The summed E-state index contributed by atoms with van der Waals surface area (Å²) in [5, 5.41) is 9.14. The molecule has 0 amide bonds. The van der Waals surface area contributed by atoms with E-state index in [1.54, 1.807) is 0 Å². The number of fused-ring (bicyclic) bond motifs is 1. The van der Waals surface area contributed by atoms with E-state index in [0.717, 1.165) is 31.2 Å². The van der Waals surface area contributed by atoms with Gasteiger partial charge < -0.3 is 5.32 Å². The van der Waals surface area contributed by atoms with E-state index in [4.69, 9.17) is 4.98 Å². The maximum Gasteiger partial charge on any atom is 0.100 e. The van der Waals surface area contributed by atoms with Crippen LogP contribution < -0.4 is 10.6 Å². The number of para-hydroxylation sites is 1. The number of aromatic nitrogens is 1. The molecule has 0 radical (unpaired) electrons. The van der Waals surface area contributed by atoms with Gasteiger partial charge in [0.2, 0.25) is 0 Å². The molecule has 8 rings (SSSR count). The van der Waals surface area contributed by atoms with Crippen LogP contribution in [0.25, 0.3) is 33.3 Å². The standard InChI is InChI=1S/C43H37N3/c1-4-12-33(13-5-1)39-41(35-14-6-2-7-15-35)45-43(37-16-8-3-9-17-37)46-42(39)36-27-23-31(24-28-36)30-21-25-32(26-22-30)38-20-10-18-34-19-11-29-44-40(34)38/h1-8,10-16,18-21,23-25,27-29,42-43,45-46H,9,17,22,26H2. The molecule has 2 unspecified atom stereocenters. The van der Waals surface area contributed by atoms with E-state index in [1.165, 1.54) is 61.2 Å². The van der Waals surface area contributed by atoms with Crippen molar-refractivity contribution < 1.29 is 0 Å². The zero-order valence-corrected chi connectivity index (χ0v) is 25.9. The zero-order valence-electron chi connectivity index (χ0n) is 25.9. The molecule has 0 spiro atoms. The van der Waals surface area contributed by atoms with E-state index >= 15 is 0 Å². The van der Waals surface area contributed by atoms with Crippen LogP contribution in [0.3, 0.4) is 0 Å². The Labute approximate surface area is 271 Å². The molecular weight excluding hydrogens is 558 g/mol. The maximum absolute atomic E-state index is 4.69. The number of hydrogen-bond donors (Lipinski definition) is 2. The number of nitrogens with one attached hydrogen (secondary N) is 2. The van der Waals surface area contributed by atoms with Gasteiger partial charge in [0.15, 0.2) is 0 Å². The quantitative estimate of drug-likeness (QED) is 0.205. The van der Waals surface area contributed by atoms with Gasteiger partial charge in [-0.25, -0.2) is 0 Å². The summed E-state index contributed by atoms with van der Waals surface area (Å²) in [5.41, 5.74) is 13.9. The Bertz CT molecular complexity index is 2020. The first kappa shape index (κ1) is 28.2. The molecule has 1 aromatic heterocycles. The fraction of sp³-hybridized carbons (Fsp3) is 0.140. The fourth-order valence-electron chi connectivity index (χ4n) is 7.11. The number of rotatable bonds is 6. The topological polar surface area (TPSA) is 37.0 Å². The predicted octanol–water partition coefficient (Wildman–Crippen LogP) is 9.90. The van der Waals surface area contributed by atoms with Crippen LogP contribution in [0, 0.1) is 0 Å². The highest BCUT2D eigenvalue weighted by Crippen LogP contribution is 2.41. The van der Waals surface area contributed by atoms with E-state index in [9.17, 15) is 0 Å². The molecule has 3 heteroatoms. The summed E-state index contributed by atoms with van der Waals surface area (Å²) >= 11 is 0. The van der Waals surface area contributed by atoms with Crippen molar-refractivity contribution in [3.8, 4) is 0 Å². The summed E-state index contributed by atoms with van der Waals surface area (Å²) in [7, 11) is 0. The Morgan fingerprint density at radius 2 is 1.35 bits per heavy atom. The van der Waals surface area contributed by atoms with Crippen molar-refractivity contribution in [2.24, 2.45) is 0 Å². The first-order chi connectivity index (χ1) is 22.8. The molecular formula is C43H37N3.